The van der Waals surface area contributed by atoms with Gasteiger partial charge in [0.25, 0.3) is 11.6 Å². The van der Waals surface area contributed by atoms with Crippen LogP contribution < -0.4 is 5.32 Å². The summed E-state index contributed by atoms with van der Waals surface area (Å²) in [5, 5.41) is 13.5. The lowest BCUT2D eigenvalue weighted by molar-refractivity contribution is -0.385. The van der Waals surface area contributed by atoms with Crippen molar-refractivity contribution in [2.45, 2.75) is 20.8 Å². The van der Waals surface area contributed by atoms with Crippen LogP contribution in [0.4, 0.5) is 5.69 Å². The molecule has 0 saturated carbocycles. The summed E-state index contributed by atoms with van der Waals surface area (Å²) in [4.78, 5) is 22.2. The van der Waals surface area contributed by atoms with Crippen molar-refractivity contribution in [1.29, 1.82) is 0 Å². The van der Waals surface area contributed by atoms with E-state index in [1.165, 1.54) is 6.07 Å². The van der Waals surface area contributed by atoms with E-state index in [1.807, 2.05) is 13.8 Å². The van der Waals surface area contributed by atoms with Crippen molar-refractivity contribution >= 4 is 23.2 Å². The van der Waals surface area contributed by atoms with Gasteiger partial charge in [-0.3, -0.25) is 14.9 Å². The number of nitrogens with one attached hydrogen (secondary N) is 1. The molecule has 0 heterocycles. The van der Waals surface area contributed by atoms with Crippen molar-refractivity contribution in [3.8, 4) is 0 Å². The molecule has 5 nitrogen and oxygen atoms in total. The molecule has 1 amide bonds. The number of hydrogen-bond donors (Lipinski definition) is 1. The van der Waals surface area contributed by atoms with Crippen LogP contribution in [0.2, 0.25) is 0 Å². The Morgan fingerprint density at radius 1 is 1.47 bits per heavy atom. The lowest BCUT2D eigenvalue weighted by Crippen LogP contribution is -2.35. The SMILES string of the molecule is Cc1ccc(C(=O)NCC(C)(C)CCl)cc1[N+](=O)[O-]. The minimum atomic E-state index is -0.491. The van der Waals surface area contributed by atoms with Gasteiger partial charge in [-0.2, -0.15) is 0 Å². The minimum absolute atomic E-state index is 0.0516. The van der Waals surface area contributed by atoms with Gasteiger partial charge in [-0.1, -0.05) is 19.9 Å². The van der Waals surface area contributed by atoms with Crippen LogP contribution in [-0.4, -0.2) is 23.3 Å². The van der Waals surface area contributed by atoms with E-state index in [0.717, 1.165) is 0 Å². The predicted molar refractivity (Wildman–Crippen MR) is 74.7 cm³/mol. The van der Waals surface area contributed by atoms with E-state index < -0.39 is 4.92 Å². The highest BCUT2D eigenvalue weighted by Gasteiger charge is 2.19. The lowest BCUT2D eigenvalue weighted by Gasteiger charge is -2.21. The third-order valence-corrected chi connectivity index (χ3v) is 3.48. The largest absolute Gasteiger partial charge is 0.351 e. The number of amides is 1. The number of aryl methyl sites for hydroxylation is 1. The molecule has 0 bridgehead atoms. The zero-order chi connectivity index (χ0) is 14.6. The summed E-state index contributed by atoms with van der Waals surface area (Å²) in [6, 6.07) is 4.43. The number of carbonyl (C=O) groups excluding carboxylic acids is 1. The smallest absolute Gasteiger partial charge is 0.273 e. The first-order chi connectivity index (χ1) is 8.76. The van der Waals surface area contributed by atoms with Crippen molar-refractivity contribution < 1.29 is 9.72 Å². The molecule has 1 aromatic rings. The summed E-state index contributed by atoms with van der Waals surface area (Å²) >= 11 is 5.77. The zero-order valence-electron chi connectivity index (χ0n) is 11.2. The molecule has 104 valence electrons. The summed E-state index contributed by atoms with van der Waals surface area (Å²) in [6.45, 7) is 5.91. The molecule has 0 aliphatic rings. The van der Waals surface area contributed by atoms with E-state index in [-0.39, 0.29) is 22.6 Å². The Hall–Kier alpha value is -1.62. The molecule has 0 radical (unpaired) electrons. The normalized spacial score (nSPS) is 11.2. The Morgan fingerprint density at radius 3 is 2.63 bits per heavy atom. The van der Waals surface area contributed by atoms with E-state index in [9.17, 15) is 14.9 Å². The number of hydrogen-bond acceptors (Lipinski definition) is 3. The molecular formula is C13H17ClN2O3. The molecule has 0 fully saturated rings. The van der Waals surface area contributed by atoms with Crippen LogP contribution in [0, 0.1) is 22.5 Å². The second-order valence-corrected chi connectivity index (χ2v) is 5.51. The molecule has 19 heavy (non-hydrogen) atoms. The van der Waals surface area contributed by atoms with Crippen LogP contribution in [0.25, 0.3) is 0 Å². The van der Waals surface area contributed by atoms with Crippen LogP contribution in [0.1, 0.15) is 29.8 Å². The second-order valence-electron chi connectivity index (χ2n) is 5.24. The molecular weight excluding hydrogens is 268 g/mol. The van der Waals surface area contributed by atoms with Crippen molar-refractivity contribution in [3.05, 3.63) is 39.4 Å². The topological polar surface area (TPSA) is 72.2 Å². The zero-order valence-corrected chi connectivity index (χ0v) is 12.0. The summed E-state index contributed by atoms with van der Waals surface area (Å²) in [5.41, 5.74) is 0.544. The summed E-state index contributed by atoms with van der Waals surface area (Å²) in [7, 11) is 0. The number of nitro groups is 1. The summed E-state index contributed by atoms with van der Waals surface area (Å²) in [5.74, 6) is 0.0858. The third-order valence-electron chi connectivity index (χ3n) is 2.76. The number of rotatable bonds is 5. The molecule has 1 N–H and O–H groups in total. The van der Waals surface area contributed by atoms with Crippen LogP contribution >= 0.6 is 11.6 Å². The Morgan fingerprint density at radius 2 is 2.11 bits per heavy atom. The fraction of sp³-hybridized carbons (Fsp3) is 0.462. The van der Waals surface area contributed by atoms with Crippen LogP contribution in [0.15, 0.2) is 18.2 Å². The van der Waals surface area contributed by atoms with E-state index in [4.69, 9.17) is 11.6 Å². The Bertz CT molecular complexity index is 501. The van der Waals surface area contributed by atoms with Gasteiger partial charge in [0.2, 0.25) is 0 Å². The van der Waals surface area contributed by atoms with Crippen molar-refractivity contribution in [3.63, 3.8) is 0 Å². The van der Waals surface area contributed by atoms with Gasteiger partial charge in [0, 0.05) is 29.6 Å². The predicted octanol–water partition coefficient (Wildman–Crippen LogP) is 2.90. The molecule has 0 aliphatic carbocycles. The van der Waals surface area contributed by atoms with Crippen LogP contribution in [0.3, 0.4) is 0 Å². The lowest BCUT2D eigenvalue weighted by atomic mass is 9.96. The van der Waals surface area contributed by atoms with Gasteiger partial charge in [0.05, 0.1) is 4.92 Å². The number of nitrogens with zero attached hydrogens (tertiary/aromatic N) is 1. The third kappa shape index (κ3) is 4.21. The summed E-state index contributed by atoms with van der Waals surface area (Å²) < 4.78 is 0. The van der Waals surface area contributed by atoms with E-state index in [0.29, 0.717) is 18.0 Å². The maximum atomic E-state index is 11.9. The second kappa shape index (κ2) is 6.02. The molecule has 0 saturated heterocycles. The first-order valence-corrected chi connectivity index (χ1v) is 6.39. The molecule has 0 atom stereocenters. The first-order valence-electron chi connectivity index (χ1n) is 5.86. The fourth-order valence-electron chi connectivity index (χ4n) is 1.42. The van der Waals surface area contributed by atoms with Gasteiger partial charge in [-0.15, -0.1) is 11.6 Å². The van der Waals surface area contributed by atoms with Gasteiger partial charge in [-0.25, -0.2) is 0 Å². The number of nitro benzene ring substituents is 1. The average Bonchev–Trinajstić information content (AvgIpc) is 2.36. The van der Waals surface area contributed by atoms with E-state index in [1.54, 1.807) is 19.1 Å². The average molecular weight is 285 g/mol. The highest BCUT2D eigenvalue weighted by molar-refractivity contribution is 6.18. The number of alkyl halides is 1. The van der Waals surface area contributed by atoms with Crippen LogP contribution in [-0.2, 0) is 0 Å². The molecule has 0 aromatic heterocycles. The highest BCUT2D eigenvalue weighted by Crippen LogP contribution is 2.20. The molecule has 1 aromatic carbocycles. The van der Waals surface area contributed by atoms with Crippen molar-refractivity contribution in [2.24, 2.45) is 5.41 Å². The maximum Gasteiger partial charge on any atom is 0.273 e. The van der Waals surface area contributed by atoms with Gasteiger partial charge in [-0.05, 0) is 18.4 Å². The van der Waals surface area contributed by atoms with Gasteiger partial charge < -0.3 is 5.32 Å². The van der Waals surface area contributed by atoms with Crippen molar-refractivity contribution in [2.75, 3.05) is 12.4 Å². The van der Waals surface area contributed by atoms with Gasteiger partial charge >= 0.3 is 0 Å². The minimum Gasteiger partial charge on any atom is -0.351 e. The van der Waals surface area contributed by atoms with E-state index >= 15 is 0 Å². The van der Waals surface area contributed by atoms with Gasteiger partial charge in [0.15, 0.2) is 0 Å². The Kier molecular flexibility index (Phi) is 4.89. The van der Waals surface area contributed by atoms with Gasteiger partial charge in [0.1, 0.15) is 0 Å². The molecule has 0 aliphatic heterocycles. The standard InChI is InChI=1S/C13H17ClN2O3/c1-9-4-5-10(6-11(9)16(18)19)12(17)15-8-13(2,3)7-14/h4-6H,7-8H2,1-3H3,(H,15,17). The molecule has 0 unspecified atom stereocenters. The van der Waals surface area contributed by atoms with Crippen molar-refractivity contribution in [1.82, 2.24) is 5.32 Å². The highest BCUT2D eigenvalue weighted by atomic mass is 35.5. The fourth-order valence-corrected chi connectivity index (χ4v) is 1.51. The first kappa shape index (κ1) is 15.4. The number of benzene rings is 1. The van der Waals surface area contributed by atoms with Crippen LogP contribution in [0.5, 0.6) is 0 Å². The molecule has 0 spiro atoms. The molecule has 1 rings (SSSR count). The Balaban J connectivity index is 2.84. The number of carbonyl (C=O) groups is 1. The maximum absolute atomic E-state index is 11.9. The monoisotopic (exact) mass is 284 g/mol. The summed E-state index contributed by atoms with van der Waals surface area (Å²) in [6.07, 6.45) is 0. The van der Waals surface area contributed by atoms with E-state index in [2.05, 4.69) is 5.32 Å². The number of halogens is 1. The quantitative estimate of drug-likeness (QED) is 0.513. The Labute approximate surface area is 117 Å². The molecule has 6 heteroatoms.